The van der Waals surface area contributed by atoms with Crippen LogP contribution in [0.4, 0.5) is 4.79 Å². The number of nitrogens with zero attached hydrogens (tertiary/aromatic N) is 1. The lowest BCUT2D eigenvalue weighted by molar-refractivity contribution is -0.139. The molecule has 2 aromatic rings. The van der Waals surface area contributed by atoms with E-state index in [2.05, 4.69) is 16.7 Å². The van der Waals surface area contributed by atoms with E-state index in [4.69, 9.17) is 11.2 Å². The molecule has 0 saturated heterocycles. The third-order valence-electron chi connectivity index (χ3n) is 4.98. The Morgan fingerprint density at radius 3 is 2.11 bits per heavy atom. The molecule has 9 heteroatoms. The van der Waals surface area contributed by atoms with Gasteiger partial charge in [-0.1, -0.05) is 36.8 Å². The van der Waals surface area contributed by atoms with Gasteiger partial charge in [-0.2, -0.15) is 0 Å². The number of carbonyl (C=O) groups is 3. The summed E-state index contributed by atoms with van der Waals surface area (Å²) in [7, 11) is 0. The number of alkyl carbamates (subject to hydrolysis) is 1. The second-order valence-electron chi connectivity index (χ2n) is 10.6. The molecule has 2 rings (SSSR count). The van der Waals surface area contributed by atoms with Crippen LogP contribution in [0.15, 0.2) is 48.5 Å². The number of carbonyl (C=O) groups excluding carboxylic acids is 3. The van der Waals surface area contributed by atoms with Crippen molar-refractivity contribution in [3.63, 3.8) is 0 Å². The molecule has 0 aliphatic rings. The molecule has 2 unspecified atom stereocenters. The molecule has 0 saturated carbocycles. The van der Waals surface area contributed by atoms with Crippen LogP contribution >= 0.6 is 0 Å². The fraction of sp³-hybridized carbons (Fsp3) is 0.393. The molecule has 4 N–H and O–H groups in total. The van der Waals surface area contributed by atoms with Crippen LogP contribution in [0.25, 0.3) is 0 Å². The van der Waals surface area contributed by atoms with Crippen molar-refractivity contribution in [3.8, 4) is 24.0 Å². The number of rotatable bonds is 7. The summed E-state index contributed by atoms with van der Waals surface area (Å²) < 4.78 is 5.33. The fourth-order valence-electron chi connectivity index (χ4n) is 3.51. The van der Waals surface area contributed by atoms with Crippen LogP contribution in [0.1, 0.15) is 58.7 Å². The Kier molecular flexibility index (Phi) is 9.18. The molecule has 0 aliphatic carbocycles. The molecular formula is C28H35N3O6. The van der Waals surface area contributed by atoms with E-state index in [0.717, 1.165) is 4.90 Å². The van der Waals surface area contributed by atoms with E-state index in [1.807, 2.05) is 0 Å². The van der Waals surface area contributed by atoms with Crippen molar-refractivity contribution in [2.24, 2.45) is 0 Å². The highest BCUT2D eigenvalue weighted by atomic mass is 16.6. The van der Waals surface area contributed by atoms with Crippen molar-refractivity contribution in [1.82, 2.24) is 15.5 Å². The lowest BCUT2D eigenvalue weighted by atomic mass is 9.99. The molecule has 2 atom stereocenters. The average Bonchev–Trinajstić information content (AvgIpc) is 2.76. The summed E-state index contributed by atoms with van der Waals surface area (Å²) in [6.45, 7) is 10.4. The van der Waals surface area contributed by atoms with Crippen molar-refractivity contribution in [3.05, 3.63) is 59.7 Å². The maximum absolute atomic E-state index is 13.8. The first-order chi connectivity index (χ1) is 17.1. The minimum absolute atomic E-state index is 0.00901. The topological polar surface area (TPSA) is 128 Å². The van der Waals surface area contributed by atoms with Crippen LogP contribution in [0.3, 0.4) is 0 Å². The van der Waals surface area contributed by atoms with Gasteiger partial charge in [-0.05, 0) is 65.3 Å². The number of hydrogen-bond acceptors (Lipinski definition) is 6. The highest BCUT2D eigenvalue weighted by Crippen LogP contribution is 2.30. The first kappa shape index (κ1) is 29.0. The average molecular weight is 510 g/mol. The highest BCUT2D eigenvalue weighted by Gasteiger charge is 2.38. The molecule has 0 fully saturated rings. The number of terminal acetylenes is 1. The van der Waals surface area contributed by atoms with Crippen molar-refractivity contribution in [1.29, 1.82) is 0 Å². The number of aromatic hydroxyl groups is 2. The summed E-state index contributed by atoms with van der Waals surface area (Å²) >= 11 is 0. The monoisotopic (exact) mass is 509 g/mol. The largest absolute Gasteiger partial charge is 0.508 e. The van der Waals surface area contributed by atoms with E-state index in [-0.39, 0.29) is 23.5 Å². The summed E-state index contributed by atoms with van der Waals surface area (Å²) in [6, 6.07) is 11.8. The van der Waals surface area contributed by atoms with Gasteiger partial charge in [-0.25, -0.2) is 4.79 Å². The van der Waals surface area contributed by atoms with Gasteiger partial charge in [-0.15, -0.1) is 0 Å². The third-order valence-corrected chi connectivity index (χ3v) is 4.98. The molecule has 37 heavy (non-hydrogen) atoms. The lowest BCUT2D eigenvalue weighted by Crippen LogP contribution is -2.53. The smallest absolute Gasteiger partial charge is 0.408 e. The van der Waals surface area contributed by atoms with Crippen LogP contribution in [-0.4, -0.2) is 50.2 Å². The minimum atomic E-state index is -1.39. The molecule has 198 valence electrons. The van der Waals surface area contributed by atoms with Crippen molar-refractivity contribution in [2.75, 3.05) is 0 Å². The zero-order valence-corrected chi connectivity index (χ0v) is 22.0. The molecule has 0 aliphatic heterocycles. The van der Waals surface area contributed by atoms with Crippen molar-refractivity contribution < 1.29 is 29.3 Å². The molecule has 0 heterocycles. The molecular weight excluding hydrogens is 474 g/mol. The van der Waals surface area contributed by atoms with E-state index < -0.39 is 41.1 Å². The molecule has 0 spiro atoms. The molecule has 0 bridgehead atoms. The van der Waals surface area contributed by atoms with E-state index >= 15 is 0 Å². The van der Waals surface area contributed by atoms with Gasteiger partial charge in [0.15, 0.2) is 6.04 Å². The Morgan fingerprint density at radius 2 is 1.59 bits per heavy atom. The van der Waals surface area contributed by atoms with Crippen LogP contribution in [0, 0.1) is 12.5 Å². The van der Waals surface area contributed by atoms with E-state index in [1.54, 1.807) is 65.8 Å². The number of nitrogens with one attached hydrogen (secondary N) is 2. The maximum Gasteiger partial charge on any atom is 0.408 e. The highest BCUT2D eigenvalue weighted by molar-refractivity contribution is 5.94. The number of ether oxygens (including phenoxy) is 1. The quantitative estimate of drug-likeness (QED) is 0.334. The van der Waals surface area contributed by atoms with Gasteiger partial charge >= 0.3 is 6.09 Å². The maximum atomic E-state index is 13.8. The molecule has 0 aromatic heterocycles. The Morgan fingerprint density at radius 1 is 1.00 bits per heavy atom. The minimum Gasteiger partial charge on any atom is -0.508 e. The van der Waals surface area contributed by atoms with E-state index in [0.29, 0.717) is 5.56 Å². The molecule has 0 radical (unpaired) electrons. The first-order valence-electron chi connectivity index (χ1n) is 11.8. The summed E-state index contributed by atoms with van der Waals surface area (Å²) in [6.07, 6.45) is 4.91. The standard InChI is InChI=1S/C28H35N3O6/c1-8-31(23(24(34)30-27(2,3)4)20-11-9-10-12-22(20)33)25(35)21(29-26(36)37-28(5,6)7)17-18-13-15-19(32)16-14-18/h1,9-16,21,23,32-33H,17H2,2-7H3,(H,29,36)(H,30,34). The molecule has 2 aromatic carbocycles. The van der Waals surface area contributed by atoms with Gasteiger partial charge in [-0.3, -0.25) is 14.5 Å². The van der Waals surface area contributed by atoms with Gasteiger partial charge in [0.1, 0.15) is 23.1 Å². The molecule has 9 nitrogen and oxygen atoms in total. The lowest BCUT2D eigenvalue weighted by Gasteiger charge is -2.32. The Hall–Kier alpha value is -4.19. The number of hydrogen-bond donors (Lipinski definition) is 4. The zero-order chi connectivity index (χ0) is 28.0. The van der Waals surface area contributed by atoms with Gasteiger partial charge in [0, 0.05) is 23.6 Å². The Balaban J connectivity index is 2.52. The SMILES string of the molecule is C#CN(C(=O)C(Cc1ccc(O)cc1)NC(=O)OC(C)(C)C)C(C(=O)NC(C)(C)C)c1ccccc1O. The predicted octanol–water partition coefficient (Wildman–Crippen LogP) is 3.61. The van der Waals surface area contributed by atoms with Gasteiger partial charge in [0.25, 0.3) is 5.91 Å². The van der Waals surface area contributed by atoms with E-state index in [1.165, 1.54) is 24.3 Å². The Bertz CT molecular complexity index is 1160. The van der Waals surface area contributed by atoms with Gasteiger partial charge in [0.05, 0.1) is 0 Å². The number of para-hydroxylation sites is 1. The molecule has 3 amide bonds. The normalized spacial score (nSPS) is 13.0. The second-order valence-corrected chi connectivity index (χ2v) is 10.6. The van der Waals surface area contributed by atoms with Gasteiger partial charge < -0.3 is 25.6 Å². The van der Waals surface area contributed by atoms with E-state index in [9.17, 15) is 24.6 Å². The van der Waals surface area contributed by atoms with Gasteiger partial charge in [0.2, 0.25) is 5.91 Å². The fourth-order valence-corrected chi connectivity index (χ4v) is 3.51. The number of amides is 3. The van der Waals surface area contributed by atoms with Crippen LogP contribution in [0.5, 0.6) is 11.5 Å². The summed E-state index contributed by atoms with van der Waals surface area (Å²) in [5, 5.41) is 25.5. The number of benzene rings is 2. The predicted molar refractivity (Wildman–Crippen MR) is 139 cm³/mol. The first-order valence-corrected chi connectivity index (χ1v) is 11.8. The Labute approximate surface area is 217 Å². The van der Waals surface area contributed by atoms with Crippen molar-refractivity contribution >= 4 is 17.9 Å². The number of phenols is 2. The number of phenolic OH excluding ortho intramolecular Hbond substituents is 2. The second kappa shape index (κ2) is 11.7. The van der Waals surface area contributed by atoms with Crippen molar-refractivity contribution in [2.45, 2.75) is 71.2 Å². The van der Waals surface area contributed by atoms with Crippen LogP contribution < -0.4 is 10.6 Å². The summed E-state index contributed by atoms with van der Waals surface area (Å²) in [5.74, 6) is -1.56. The third kappa shape index (κ3) is 8.76. The summed E-state index contributed by atoms with van der Waals surface area (Å²) in [5.41, 5.74) is -0.755. The van der Waals surface area contributed by atoms with Crippen LogP contribution in [-0.2, 0) is 20.7 Å². The summed E-state index contributed by atoms with van der Waals surface area (Å²) in [4.78, 5) is 40.7. The van der Waals surface area contributed by atoms with Crippen LogP contribution in [0.2, 0.25) is 0 Å². The zero-order valence-electron chi connectivity index (χ0n) is 22.0.